The van der Waals surface area contributed by atoms with Gasteiger partial charge in [0.2, 0.25) is 5.91 Å². The summed E-state index contributed by atoms with van der Waals surface area (Å²) in [6.45, 7) is 3.59. The van der Waals surface area contributed by atoms with Crippen LogP contribution in [-0.4, -0.2) is 22.6 Å². The van der Waals surface area contributed by atoms with Crippen molar-refractivity contribution >= 4 is 11.6 Å². The second-order valence-electron chi connectivity index (χ2n) is 5.50. The number of hydrogen-bond donors (Lipinski definition) is 2. The summed E-state index contributed by atoms with van der Waals surface area (Å²) in [5, 5.41) is 2.40. The summed E-state index contributed by atoms with van der Waals surface area (Å²) in [6, 6.07) is 2.83. The number of amides is 1. The lowest BCUT2D eigenvalue weighted by atomic mass is 10.1. The van der Waals surface area contributed by atoms with Gasteiger partial charge >= 0.3 is 11.9 Å². The van der Waals surface area contributed by atoms with Crippen LogP contribution in [0.3, 0.4) is 0 Å². The molecule has 0 radical (unpaired) electrons. The largest absolute Gasteiger partial charge is 0.495 e. The van der Waals surface area contributed by atoms with Crippen LogP contribution in [0.1, 0.15) is 23.4 Å². The topological polar surface area (TPSA) is 76.1 Å². The minimum Gasteiger partial charge on any atom is -0.495 e. The van der Waals surface area contributed by atoms with Crippen molar-refractivity contribution in [2.45, 2.75) is 33.0 Å². The Labute approximate surface area is 141 Å². The number of aromatic amines is 1. The molecule has 0 bridgehead atoms. The molecule has 0 aliphatic heterocycles. The van der Waals surface area contributed by atoms with E-state index in [2.05, 4.69) is 10.3 Å². The highest BCUT2D eigenvalue weighted by Crippen LogP contribution is 2.34. The second kappa shape index (κ2) is 7.04. The lowest BCUT2D eigenvalue weighted by molar-refractivity contribution is -0.137. The Bertz CT molecular complexity index is 837. The molecule has 0 saturated carbocycles. The van der Waals surface area contributed by atoms with Gasteiger partial charge in [-0.25, -0.2) is 4.79 Å². The third-order valence-electron chi connectivity index (χ3n) is 3.85. The van der Waals surface area contributed by atoms with Crippen molar-refractivity contribution in [2.24, 2.45) is 0 Å². The minimum atomic E-state index is -4.53. The van der Waals surface area contributed by atoms with Gasteiger partial charge in [-0.15, -0.1) is 0 Å². The first kappa shape index (κ1) is 18.6. The number of benzene rings is 1. The Morgan fingerprint density at radius 1 is 1.32 bits per heavy atom. The van der Waals surface area contributed by atoms with Crippen molar-refractivity contribution in [1.29, 1.82) is 0 Å². The molecule has 1 aromatic heterocycles. The number of nitrogens with zero attached hydrogens (tertiary/aromatic N) is 1. The van der Waals surface area contributed by atoms with E-state index in [0.717, 1.165) is 18.2 Å². The monoisotopic (exact) mass is 357 g/mol. The number of carbonyl (C=O) groups is 1. The molecular formula is C16H18F3N3O3. The van der Waals surface area contributed by atoms with E-state index in [4.69, 9.17) is 4.74 Å². The van der Waals surface area contributed by atoms with Crippen molar-refractivity contribution in [3.05, 3.63) is 45.6 Å². The minimum absolute atomic E-state index is 0.0720. The summed E-state index contributed by atoms with van der Waals surface area (Å²) in [7, 11) is 1.30. The number of H-pyrrole nitrogens is 1. The number of rotatable bonds is 5. The number of hydrogen-bond acceptors (Lipinski definition) is 3. The molecule has 0 aliphatic rings. The summed E-state index contributed by atoms with van der Waals surface area (Å²) in [5.74, 6) is -0.407. The van der Waals surface area contributed by atoms with Crippen LogP contribution in [0.4, 0.5) is 18.9 Å². The summed E-state index contributed by atoms with van der Waals surface area (Å²) in [6.07, 6.45) is -4.60. The van der Waals surface area contributed by atoms with Gasteiger partial charge in [-0.2, -0.15) is 13.2 Å². The SMILES string of the molecule is COc1ccc(C(F)(F)F)cc1NC(=O)CCn1c(C)c(C)[nH]c1=O. The molecule has 0 saturated heterocycles. The fraction of sp³-hybridized carbons (Fsp3) is 0.375. The first-order chi connectivity index (χ1) is 11.6. The zero-order valence-corrected chi connectivity index (χ0v) is 14.0. The molecule has 25 heavy (non-hydrogen) atoms. The number of imidazole rings is 1. The van der Waals surface area contributed by atoms with Crippen molar-refractivity contribution in [3.63, 3.8) is 0 Å². The third-order valence-corrected chi connectivity index (χ3v) is 3.85. The Kier molecular flexibility index (Phi) is 5.24. The number of aromatic nitrogens is 2. The number of alkyl halides is 3. The van der Waals surface area contributed by atoms with Gasteiger partial charge in [0.25, 0.3) is 0 Å². The maximum absolute atomic E-state index is 12.8. The highest BCUT2D eigenvalue weighted by Gasteiger charge is 2.31. The maximum Gasteiger partial charge on any atom is 0.416 e. The van der Waals surface area contributed by atoms with E-state index in [1.807, 2.05) is 0 Å². The average molecular weight is 357 g/mol. The number of aryl methyl sites for hydroxylation is 1. The Hall–Kier alpha value is -2.71. The fourth-order valence-corrected chi connectivity index (χ4v) is 2.35. The Balaban J connectivity index is 2.13. The van der Waals surface area contributed by atoms with Gasteiger partial charge in [0.1, 0.15) is 5.75 Å². The van der Waals surface area contributed by atoms with Crippen LogP contribution >= 0.6 is 0 Å². The number of halogens is 3. The molecule has 2 rings (SSSR count). The van der Waals surface area contributed by atoms with Crippen LogP contribution in [0, 0.1) is 13.8 Å². The van der Waals surface area contributed by atoms with Crippen molar-refractivity contribution in [2.75, 3.05) is 12.4 Å². The molecule has 9 heteroatoms. The Morgan fingerprint density at radius 3 is 2.52 bits per heavy atom. The van der Waals surface area contributed by atoms with E-state index >= 15 is 0 Å². The maximum atomic E-state index is 12.8. The van der Waals surface area contributed by atoms with E-state index in [1.54, 1.807) is 13.8 Å². The van der Waals surface area contributed by atoms with E-state index in [9.17, 15) is 22.8 Å². The van der Waals surface area contributed by atoms with Crippen LogP contribution in [-0.2, 0) is 17.5 Å². The summed E-state index contributed by atoms with van der Waals surface area (Å²) in [4.78, 5) is 26.4. The van der Waals surface area contributed by atoms with Crippen molar-refractivity contribution in [3.8, 4) is 5.75 Å². The molecule has 0 spiro atoms. The summed E-state index contributed by atoms with van der Waals surface area (Å²) in [5.41, 5.74) is 0.104. The molecule has 0 aliphatic carbocycles. The van der Waals surface area contributed by atoms with Crippen LogP contribution in [0.2, 0.25) is 0 Å². The second-order valence-corrected chi connectivity index (χ2v) is 5.50. The molecule has 2 aromatic rings. The standard InChI is InChI=1S/C16H18F3N3O3/c1-9-10(2)22(15(24)20-9)7-6-14(23)21-12-8-11(16(17,18)19)4-5-13(12)25-3/h4-5,8H,6-7H2,1-3H3,(H,20,24)(H,21,23). The van der Waals surface area contributed by atoms with Gasteiger partial charge in [-0.05, 0) is 32.0 Å². The molecule has 1 aromatic carbocycles. The highest BCUT2D eigenvalue weighted by atomic mass is 19.4. The number of methoxy groups -OCH3 is 1. The van der Waals surface area contributed by atoms with Crippen molar-refractivity contribution < 1.29 is 22.7 Å². The lowest BCUT2D eigenvalue weighted by Gasteiger charge is -2.14. The van der Waals surface area contributed by atoms with Crippen LogP contribution < -0.4 is 15.7 Å². The predicted molar refractivity (Wildman–Crippen MR) is 85.8 cm³/mol. The normalized spacial score (nSPS) is 11.4. The summed E-state index contributed by atoms with van der Waals surface area (Å²) >= 11 is 0. The molecule has 6 nitrogen and oxygen atoms in total. The molecule has 0 unspecified atom stereocenters. The zero-order chi connectivity index (χ0) is 18.8. The van der Waals surface area contributed by atoms with E-state index < -0.39 is 17.6 Å². The average Bonchev–Trinajstić information content (AvgIpc) is 2.77. The van der Waals surface area contributed by atoms with E-state index in [0.29, 0.717) is 11.4 Å². The lowest BCUT2D eigenvalue weighted by Crippen LogP contribution is -2.22. The van der Waals surface area contributed by atoms with Gasteiger partial charge in [0.05, 0.1) is 18.4 Å². The van der Waals surface area contributed by atoms with Gasteiger partial charge in [0, 0.05) is 24.4 Å². The quantitative estimate of drug-likeness (QED) is 0.864. The van der Waals surface area contributed by atoms with Gasteiger partial charge in [-0.1, -0.05) is 0 Å². The van der Waals surface area contributed by atoms with Crippen LogP contribution in [0.15, 0.2) is 23.0 Å². The highest BCUT2D eigenvalue weighted by molar-refractivity contribution is 5.92. The molecule has 2 N–H and O–H groups in total. The van der Waals surface area contributed by atoms with Gasteiger partial charge in [-0.3, -0.25) is 9.36 Å². The molecule has 1 heterocycles. The smallest absolute Gasteiger partial charge is 0.416 e. The van der Waals surface area contributed by atoms with Crippen LogP contribution in [0.5, 0.6) is 5.75 Å². The number of nitrogens with one attached hydrogen (secondary N) is 2. The first-order valence-electron chi connectivity index (χ1n) is 7.44. The number of anilines is 1. The van der Waals surface area contributed by atoms with Crippen LogP contribution in [0.25, 0.3) is 0 Å². The Morgan fingerprint density at radius 2 is 2.00 bits per heavy atom. The predicted octanol–water partition coefficient (Wildman–Crippen LogP) is 2.85. The molecule has 1 amide bonds. The molecule has 0 atom stereocenters. The number of ether oxygens (including phenoxy) is 1. The first-order valence-corrected chi connectivity index (χ1v) is 7.44. The van der Waals surface area contributed by atoms with E-state index in [-0.39, 0.29) is 30.1 Å². The third kappa shape index (κ3) is 4.23. The van der Waals surface area contributed by atoms with Crippen molar-refractivity contribution in [1.82, 2.24) is 9.55 Å². The molecule has 136 valence electrons. The van der Waals surface area contributed by atoms with Gasteiger partial charge < -0.3 is 15.0 Å². The fourth-order valence-electron chi connectivity index (χ4n) is 2.35. The number of carbonyl (C=O) groups excluding carboxylic acids is 1. The molecular weight excluding hydrogens is 339 g/mol. The molecule has 0 fully saturated rings. The van der Waals surface area contributed by atoms with E-state index in [1.165, 1.54) is 11.7 Å². The summed E-state index contributed by atoms with van der Waals surface area (Å²) < 4.78 is 44.8. The van der Waals surface area contributed by atoms with Gasteiger partial charge in [0.15, 0.2) is 0 Å². The zero-order valence-electron chi connectivity index (χ0n) is 14.0.